The first-order valence-electron chi connectivity index (χ1n) is 6.91. The van der Waals surface area contributed by atoms with Crippen LogP contribution in [0.2, 0.25) is 0 Å². The molecule has 0 radical (unpaired) electrons. The number of hydrogen-bond donors (Lipinski definition) is 1. The number of anilines is 1. The van der Waals surface area contributed by atoms with Gasteiger partial charge < -0.3 is 8.83 Å². The number of benzene rings is 1. The lowest BCUT2D eigenvalue weighted by molar-refractivity contribution is 0.0994. The summed E-state index contributed by atoms with van der Waals surface area (Å²) in [5.41, 5.74) is 0.802. The number of rotatable bonds is 3. The van der Waals surface area contributed by atoms with Crippen LogP contribution in [0, 0.1) is 0 Å². The molecule has 0 saturated heterocycles. The second-order valence-electron chi connectivity index (χ2n) is 4.85. The number of carbonyl (C=O) groups excluding carboxylic acids is 1. The molecule has 0 aliphatic heterocycles. The Morgan fingerprint density at radius 3 is 2.83 bits per heavy atom. The number of aromatic nitrogens is 2. The van der Waals surface area contributed by atoms with E-state index in [0.717, 1.165) is 11.6 Å². The number of nitrogens with zero attached hydrogens (tertiary/aromatic N) is 2. The minimum atomic E-state index is -0.640. The third kappa shape index (κ3) is 2.59. The Bertz CT molecular complexity index is 1080. The summed E-state index contributed by atoms with van der Waals surface area (Å²) in [4.78, 5) is 24.3. The van der Waals surface area contributed by atoms with Crippen molar-refractivity contribution >= 4 is 34.2 Å². The molecule has 7 nitrogen and oxygen atoms in total. The van der Waals surface area contributed by atoms with Crippen molar-refractivity contribution in [2.24, 2.45) is 0 Å². The molecule has 4 rings (SSSR count). The lowest BCUT2D eigenvalue weighted by atomic mass is 10.2. The molecule has 0 aliphatic carbocycles. The van der Waals surface area contributed by atoms with E-state index in [1.54, 1.807) is 24.3 Å². The van der Waals surface area contributed by atoms with Gasteiger partial charge in [-0.15, -0.1) is 5.10 Å². The van der Waals surface area contributed by atoms with Gasteiger partial charge in [0.25, 0.3) is 11.8 Å². The Balaban J connectivity index is 1.62. The van der Waals surface area contributed by atoms with Gasteiger partial charge in [-0.1, -0.05) is 17.2 Å². The first-order valence-corrected chi connectivity index (χ1v) is 7.85. The van der Waals surface area contributed by atoms with Crippen LogP contribution in [0.25, 0.3) is 22.4 Å². The van der Waals surface area contributed by atoms with E-state index in [0.29, 0.717) is 16.9 Å². The summed E-state index contributed by atoms with van der Waals surface area (Å²) >= 11 is 1.49. The molecule has 0 fully saturated rings. The van der Waals surface area contributed by atoms with Crippen molar-refractivity contribution in [2.45, 2.75) is 0 Å². The van der Waals surface area contributed by atoms with Crippen molar-refractivity contribution in [1.29, 1.82) is 0 Å². The Morgan fingerprint density at radius 1 is 1.12 bits per heavy atom. The number of nitrogens with one attached hydrogen (secondary N) is 1. The highest BCUT2D eigenvalue weighted by Crippen LogP contribution is 2.22. The Kier molecular flexibility index (Phi) is 3.43. The van der Waals surface area contributed by atoms with Crippen molar-refractivity contribution < 1.29 is 13.6 Å². The molecular formula is C16H9N3O4S. The molecule has 3 heterocycles. The molecule has 0 aliphatic rings. The summed E-state index contributed by atoms with van der Waals surface area (Å²) in [6.07, 6.45) is 0. The zero-order valence-corrected chi connectivity index (χ0v) is 12.9. The molecule has 0 unspecified atom stereocenters. The summed E-state index contributed by atoms with van der Waals surface area (Å²) in [5.74, 6) is -0.473. The molecule has 24 heavy (non-hydrogen) atoms. The van der Waals surface area contributed by atoms with Gasteiger partial charge in [0.15, 0.2) is 11.2 Å². The highest BCUT2D eigenvalue weighted by molar-refractivity contribution is 7.08. The van der Waals surface area contributed by atoms with E-state index in [1.165, 1.54) is 11.3 Å². The number of para-hydroxylation sites is 1. The van der Waals surface area contributed by atoms with Crippen molar-refractivity contribution in [1.82, 2.24) is 10.2 Å². The van der Waals surface area contributed by atoms with Crippen molar-refractivity contribution in [2.75, 3.05) is 5.32 Å². The van der Waals surface area contributed by atoms with E-state index in [1.807, 2.05) is 16.8 Å². The molecule has 1 N–H and O–H groups in total. The van der Waals surface area contributed by atoms with Crippen molar-refractivity contribution in [3.05, 3.63) is 63.1 Å². The van der Waals surface area contributed by atoms with E-state index < -0.39 is 5.91 Å². The number of thiophene rings is 1. The molecule has 0 atom stereocenters. The van der Waals surface area contributed by atoms with Crippen LogP contribution in [0.4, 0.5) is 6.01 Å². The fourth-order valence-corrected chi connectivity index (χ4v) is 2.78. The second-order valence-corrected chi connectivity index (χ2v) is 5.63. The highest BCUT2D eigenvalue weighted by atomic mass is 32.1. The number of carbonyl (C=O) groups is 1. The van der Waals surface area contributed by atoms with Crippen molar-refractivity contribution in [3.8, 4) is 11.5 Å². The maximum Gasteiger partial charge on any atom is 0.322 e. The molecule has 0 bridgehead atoms. The normalized spacial score (nSPS) is 10.8. The largest absolute Gasteiger partial charge is 0.451 e. The maximum atomic E-state index is 12.2. The predicted molar refractivity (Wildman–Crippen MR) is 88.0 cm³/mol. The average Bonchev–Trinajstić information content (AvgIpc) is 3.26. The number of amides is 1. The fraction of sp³-hybridized carbons (Fsp3) is 0. The van der Waals surface area contributed by atoms with Gasteiger partial charge in [0, 0.05) is 17.0 Å². The van der Waals surface area contributed by atoms with Crippen molar-refractivity contribution in [3.63, 3.8) is 0 Å². The lowest BCUT2D eigenvalue weighted by Gasteiger charge is -2.01. The molecule has 1 amide bonds. The van der Waals surface area contributed by atoms with Crippen LogP contribution in [-0.4, -0.2) is 16.1 Å². The van der Waals surface area contributed by atoms with Crippen LogP contribution in [0.3, 0.4) is 0 Å². The van der Waals surface area contributed by atoms with E-state index >= 15 is 0 Å². The lowest BCUT2D eigenvalue weighted by Crippen LogP contribution is -2.15. The van der Waals surface area contributed by atoms with E-state index in [2.05, 4.69) is 15.5 Å². The van der Waals surface area contributed by atoms with Gasteiger partial charge in [0.05, 0.1) is 5.39 Å². The number of fused-ring (bicyclic) bond motifs is 1. The third-order valence-electron chi connectivity index (χ3n) is 3.27. The molecule has 0 spiro atoms. The summed E-state index contributed by atoms with van der Waals surface area (Å²) in [6, 6.07) is 9.58. The Morgan fingerprint density at radius 2 is 2.00 bits per heavy atom. The molecule has 3 aromatic heterocycles. The summed E-state index contributed by atoms with van der Waals surface area (Å²) in [7, 11) is 0. The van der Waals surface area contributed by atoms with Gasteiger partial charge in [0.1, 0.15) is 5.58 Å². The van der Waals surface area contributed by atoms with Crippen LogP contribution in [-0.2, 0) is 0 Å². The molecule has 8 heteroatoms. The number of hydrogen-bond acceptors (Lipinski definition) is 7. The van der Waals surface area contributed by atoms with Crippen LogP contribution in [0.15, 0.2) is 60.8 Å². The van der Waals surface area contributed by atoms with E-state index in [9.17, 15) is 9.59 Å². The maximum absolute atomic E-state index is 12.2. The topological polar surface area (TPSA) is 98.2 Å². The van der Waals surface area contributed by atoms with Gasteiger partial charge in [0.2, 0.25) is 0 Å². The minimum absolute atomic E-state index is 0.0722. The summed E-state index contributed by atoms with van der Waals surface area (Å²) in [5, 5.41) is 14.2. The quantitative estimate of drug-likeness (QED) is 0.615. The highest BCUT2D eigenvalue weighted by Gasteiger charge is 2.16. The van der Waals surface area contributed by atoms with Gasteiger partial charge >= 0.3 is 6.01 Å². The first-order chi connectivity index (χ1) is 11.7. The average molecular weight is 339 g/mol. The monoisotopic (exact) mass is 339 g/mol. The zero-order chi connectivity index (χ0) is 16.5. The Hall–Kier alpha value is -3.26. The van der Waals surface area contributed by atoms with Crippen LogP contribution in [0.5, 0.6) is 0 Å². The van der Waals surface area contributed by atoms with E-state index in [-0.39, 0.29) is 17.2 Å². The molecule has 1 aromatic carbocycles. The minimum Gasteiger partial charge on any atom is -0.451 e. The smallest absolute Gasteiger partial charge is 0.322 e. The Labute approximate surface area is 138 Å². The molecular weight excluding hydrogens is 330 g/mol. The van der Waals surface area contributed by atoms with Gasteiger partial charge in [-0.3, -0.25) is 14.9 Å². The van der Waals surface area contributed by atoms with Crippen LogP contribution < -0.4 is 10.7 Å². The van der Waals surface area contributed by atoms with Crippen LogP contribution >= 0.6 is 11.3 Å². The van der Waals surface area contributed by atoms with Gasteiger partial charge in [-0.2, -0.15) is 11.3 Å². The second kappa shape index (κ2) is 5.74. The molecule has 118 valence electrons. The van der Waals surface area contributed by atoms with Crippen LogP contribution in [0.1, 0.15) is 10.6 Å². The van der Waals surface area contributed by atoms with E-state index in [4.69, 9.17) is 8.83 Å². The fourth-order valence-electron chi connectivity index (χ4n) is 2.15. The molecule has 4 aromatic rings. The standard InChI is InChI=1S/C16H9N3O4S/c20-11-7-13(22-12-4-2-1-3-10(11)12)14(21)17-16-19-18-15(23-16)9-5-6-24-8-9/h1-8H,(H,17,19,21). The predicted octanol–water partition coefficient (Wildman–Crippen LogP) is 3.16. The summed E-state index contributed by atoms with van der Waals surface area (Å²) < 4.78 is 10.8. The summed E-state index contributed by atoms with van der Waals surface area (Å²) in [6.45, 7) is 0. The first kappa shape index (κ1) is 14.3. The zero-order valence-electron chi connectivity index (χ0n) is 12.1. The SMILES string of the molecule is O=C(Nc1nnc(-c2ccsc2)o1)c1cc(=O)c2ccccc2o1. The molecule has 0 saturated carbocycles. The van der Waals surface area contributed by atoms with Gasteiger partial charge in [-0.25, -0.2) is 0 Å². The van der Waals surface area contributed by atoms with Gasteiger partial charge in [-0.05, 0) is 23.6 Å². The third-order valence-corrected chi connectivity index (χ3v) is 3.96.